The Morgan fingerprint density at radius 1 is 1.27 bits per heavy atom. The zero-order valence-electron chi connectivity index (χ0n) is 16.7. The van der Waals surface area contributed by atoms with E-state index in [1.165, 1.54) is 22.0 Å². The zero-order chi connectivity index (χ0) is 21.3. The molecule has 1 saturated heterocycles. The van der Waals surface area contributed by atoms with E-state index in [2.05, 4.69) is 15.1 Å². The highest BCUT2D eigenvalue weighted by atomic mass is 32.2. The van der Waals surface area contributed by atoms with Crippen LogP contribution in [0.25, 0.3) is 5.78 Å². The molecule has 10 nitrogen and oxygen atoms in total. The van der Waals surface area contributed by atoms with Gasteiger partial charge in [-0.15, -0.1) is 11.3 Å². The number of hydrogen-bond donors (Lipinski definition) is 0. The molecule has 0 aromatic carbocycles. The molecule has 1 fully saturated rings. The molecule has 0 unspecified atom stereocenters. The lowest BCUT2D eigenvalue weighted by molar-refractivity contribution is -0.142. The number of hydrogen-bond acceptors (Lipinski definition) is 9. The van der Waals surface area contributed by atoms with Crippen LogP contribution in [0.1, 0.15) is 18.2 Å². The Balaban J connectivity index is 1.63. The number of thiophene rings is 1. The van der Waals surface area contributed by atoms with Gasteiger partial charge in [-0.05, 0) is 25.3 Å². The lowest BCUT2D eigenvalue weighted by Gasteiger charge is -2.36. The van der Waals surface area contributed by atoms with Gasteiger partial charge in [0.05, 0.1) is 13.0 Å². The summed E-state index contributed by atoms with van der Waals surface area (Å²) < 4.78 is 34.2. The van der Waals surface area contributed by atoms with Gasteiger partial charge in [-0.2, -0.15) is 18.9 Å². The molecule has 0 amide bonds. The Hall–Kier alpha value is -2.57. The van der Waals surface area contributed by atoms with Crippen molar-refractivity contribution in [3.05, 3.63) is 35.1 Å². The largest absolute Gasteiger partial charge is 0.466 e. The molecule has 0 bridgehead atoms. The molecule has 0 radical (unpaired) electrons. The quantitative estimate of drug-likeness (QED) is 0.514. The maximum atomic E-state index is 12.8. The molecule has 1 aliphatic heterocycles. The molecule has 0 aliphatic carbocycles. The third kappa shape index (κ3) is 3.77. The lowest BCUT2D eigenvalue weighted by atomic mass is 10.1. The minimum atomic E-state index is -3.50. The van der Waals surface area contributed by atoms with Crippen LogP contribution in [0.5, 0.6) is 0 Å². The van der Waals surface area contributed by atoms with Gasteiger partial charge in [0.15, 0.2) is 0 Å². The van der Waals surface area contributed by atoms with Gasteiger partial charge in [0.25, 0.3) is 15.8 Å². The first-order chi connectivity index (χ1) is 14.4. The van der Waals surface area contributed by atoms with Gasteiger partial charge in [0.2, 0.25) is 0 Å². The third-order valence-corrected chi connectivity index (χ3v) is 8.23. The Bertz CT molecular complexity index is 1150. The number of esters is 1. The van der Waals surface area contributed by atoms with Crippen molar-refractivity contribution in [3.63, 3.8) is 0 Å². The number of sulfonamides is 1. The number of carbonyl (C=O) groups is 1. The molecule has 4 rings (SSSR count). The first-order valence-electron chi connectivity index (χ1n) is 9.55. The van der Waals surface area contributed by atoms with Gasteiger partial charge < -0.3 is 9.64 Å². The summed E-state index contributed by atoms with van der Waals surface area (Å²) in [5.74, 6) is 0.794. The van der Waals surface area contributed by atoms with E-state index in [4.69, 9.17) is 4.74 Å². The van der Waals surface area contributed by atoms with Crippen LogP contribution in [0, 0.1) is 6.92 Å². The molecular weight excluding hydrogens is 428 g/mol. The van der Waals surface area contributed by atoms with E-state index in [-0.39, 0.29) is 12.4 Å². The highest BCUT2D eigenvalue weighted by Gasteiger charge is 2.31. The van der Waals surface area contributed by atoms with Crippen LogP contribution in [0.2, 0.25) is 0 Å². The van der Waals surface area contributed by atoms with Gasteiger partial charge >= 0.3 is 5.97 Å². The highest BCUT2D eigenvalue weighted by Crippen LogP contribution is 2.27. The smallest absolute Gasteiger partial charge is 0.310 e. The normalized spacial score (nSPS) is 15.6. The second-order valence-corrected chi connectivity index (χ2v) is 9.89. The number of rotatable bonds is 6. The van der Waals surface area contributed by atoms with Crippen LogP contribution < -0.4 is 4.90 Å². The van der Waals surface area contributed by atoms with E-state index in [1.807, 2.05) is 11.8 Å². The minimum Gasteiger partial charge on any atom is -0.466 e. The summed E-state index contributed by atoms with van der Waals surface area (Å²) in [4.78, 5) is 22.8. The maximum absolute atomic E-state index is 12.8. The maximum Gasteiger partial charge on any atom is 0.310 e. The molecule has 1 aliphatic rings. The summed E-state index contributed by atoms with van der Waals surface area (Å²) in [6.45, 7) is 5.46. The Morgan fingerprint density at radius 3 is 2.70 bits per heavy atom. The van der Waals surface area contributed by atoms with Crippen molar-refractivity contribution >= 4 is 38.9 Å². The van der Waals surface area contributed by atoms with Gasteiger partial charge in [-0.1, -0.05) is 6.07 Å². The van der Waals surface area contributed by atoms with E-state index < -0.39 is 10.0 Å². The minimum absolute atomic E-state index is 0.0610. The third-order valence-electron chi connectivity index (χ3n) is 4.96. The standard InChI is InChI=1S/C18H22N6O4S2/c1-3-28-15(25)11-14-13(2)21-18-19-12-20-24(18)17(14)22-6-8-23(9-7-22)30(26,27)16-5-4-10-29-16/h4-5,10,12H,3,6-9,11H2,1-2H3. The van der Waals surface area contributed by atoms with Crippen LogP contribution in [-0.4, -0.2) is 71.1 Å². The van der Waals surface area contributed by atoms with Gasteiger partial charge in [-0.25, -0.2) is 13.4 Å². The molecule has 160 valence electrons. The summed E-state index contributed by atoms with van der Waals surface area (Å²) in [6.07, 6.45) is 1.47. The fourth-order valence-corrected chi connectivity index (χ4v) is 6.10. The summed E-state index contributed by atoms with van der Waals surface area (Å²) in [6, 6.07) is 3.35. The van der Waals surface area contributed by atoms with Crippen LogP contribution in [0.3, 0.4) is 0 Å². The zero-order valence-corrected chi connectivity index (χ0v) is 18.3. The van der Waals surface area contributed by atoms with Gasteiger partial charge in [0, 0.05) is 37.4 Å². The molecule has 0 saturated carbocycles. The first-order valence-corrected chi connectivity index (χ1v) is 11.9. The number of carbonyl (C=O) groups excluding carboxylic acids is 1. The Morgan fingerprint density at radius 2 is 2.03 bits per heavy atom. The van der Waals surface area contributed by atoms with Crippen molar-refractivity contribution in [2.75, 3.05) is 37.7 Å². The molecule has 30 heavy (non-hydrogen) atoms. The number of nitrogens with zero attached hydrogens (tertiary/aromatic N) is 6. The van der Waals surface area contributed by atoms with E-state index >= 15 is 0 Å². The van der Waals surface area contributed by atoms with Crippen molar-refractivity contribution in [3.8, 4) is 0 Å². The van der Waals surface area contributed by atoms with Crippen LogP contribution in [0.15, 0.2) is 28.0 Å². The van der Waals surface area contributed by atoms with E-state index in [0.29, 0.717) is 59.8 Å². The van der Waals surface area contributed by atoms with Crippen molar-refractivity contribution < 1.29 is 17.9 Å². The molecule has 0 spiro atoms. The predicted octanol–water partition coefficient (Wildman–Crippen LogP) is 1.11. The van der Waals surface area contributed by atoms with Crippen molar-refractivity contribution in [2.24, 2.45) is 0 Å². The second-order valence-electron chi connectivity index (χ2n) is 6.78. The molecule has 12 heteroatoms. The number of aryl methyl sites for hydroxylation is 1. The predicted molar refractivity (Wildman–Crippen MR) is 111 cm³/mol. The molecule has 0 N–H and O–H groups in total. The van der Waals surface area contributed by atoms with Crippen molar-refractivity contribution in [1.82, 2.24) is 23.9 Å². The average Bonchev–Trinajstić information content (AvgIpc) is 3.41. The average molecular weight is 451 g/mol. The Kier molecular flexibility index (Phi) is 5.71. The van der Waals surface area contributed by atoms with Crippen LogP contribution in [-0.2, 0) is 26.0 Å². The highest BCUT2D eigenvalue weighted by molar-refractivity contribution is 7.91. The fraction of sp³-hybridized carbons (Fsp3) is 0.444. The topological polar surface area (TPSA) is 110 Å². The van der Waals surface area contributed by atoms with E-state index in [1.54, 1.807) is 29.0 Å². The molecule has 3 aromatic rings. The number of ether oxygens (including phenoxy) is 1. The van der Waals surface area contributed by atoms with Crippen LogP contribution >= 0.6 is 11.3 Å². The molecule has 4 heterocycles. The summed E-state index contributed by atoms with van der Waals surface area (Å²) >= 11 is 1.21. The summed E-state index contributed by atoms with van der Waals surface area (Å²) in [7, 11) is -3.50. The molecular formula is C18H22N6O4S2. The van der Waals surface area contributed by atoms with Crippen LogP contribution in [0.4, 0.5) is 5.82 Å². The van der Waals surface area contributed by atoms with Gasteiger partial charge in [-0.3, -0.25) is 4.79 Å². The second kappa shape index (κ2) is 8.28. The summed E-state index contributed by atoms with van der Waals surface area (Å²) in [5.41, 5.74) is 1.38. The van der Waals surface area contributed by atoms with Gasteiger partial charge in [0.1, 0.15) is 16.4 Å². The number of aromatic nitrogens is 4. The Labute approximate surface area is 178 Å². The SMILES string of the molecule is CCOC(=O)Cc1c(C)nc2ncnn2c1N1CCN(S(=O)(=O)c2cccs2)CC1. The van der Waals surface area contributed by atoms with E-state index in [0.717, 1.165) is 0 Å². The number of anilines is 1. The number of piperazine rings is 1. The first kappa shape index (κ1) is 20.7. The van der Waals surface area contributed by atoms with E-state index in [9.17, 15) is 13.2 Å². The molecule has 0 atom stereocenters. The monoisotopic (exact) mass is 450 g/mol. The number of fused-ring (bicyclic) bond motifs is 1. The molecule has 3 aromatic heterocycles. The van der Waals surface area contributed by atoms with Crippen molar-refractivity contribution in [2.45, 2.75) is 24.5 Å². The van der Waals surface area contributed by atoms with Crippen molar-refractivity contribution in [1.29, 1.82) is 0 Å². The fourth-order valence-electron chi connectivity index (χ4n) is 3.53. The lowest BCUT2D eigenvalue weighted by Crippen LogP contribution is -2.49. The summed E-state index contributed by atoms with van der Waals surface area (Å²) in [5, 5.41) is 6.03.